The molecule has 0 saturated heterocycles. The molecule has 0 radical (unpaired) electrons. The zero-order valence-electron chi connectivity index (χ0n) is 13.5. The molecule has 4 nitrogen and oxygen atoms in total. The van der Waals surface area contributed by atoms with Gasteiger partial charge < -0.3 is 15.2 Å². The molecular formula is C18H21BrN2O2. The Morgan fingerprint density at radius 2 is 1.78 bits per heavy atom. The molecule has 3 rings (SSSR count). The van der Waals surface area contributed by atoms with E-state index < -0.39 is 0 Å². The molecule has 122 valence electrons. The van der Waals surface area contributed by atoms with Crippen LogP contribution in [0.15, 0.2) is 40.9 Å². The van der Waals surface area contributed by atoms with E-state index in [1.807, 2.05) is 51.1 Å². The molecule has 2 aromatic carbocycles. The second-order valence-electron chi connectivity index (χ2n) is 5.05. The Balaban J connectivity index is 0.000000924. The Morgan fingerprint density at radius 1 is 1.17 bits per heavy atom. The minimum atomic E-state index is -0.271. The Labute approximate surface area is 145 Å². The number of amidine groups is 1. The lowest BCUT2D eigenvalue weighted by atomic mass is 9.88. The molecule has 5 heteroatoms. The molecule has 0 bridgehead atoms. The molecule has 0 spiro atoms. The summed E-state index contributed by atoms with van der Waals surface area (Å²) in [6, 6.07) is 11.7. The van der Waals surface area contributed by atoms with Crippen LogP contribution in [0.5, 0.6) is 11.5 Å². The van der Waals surface area contributed by atoms with Crippen molar-refractivity contribution in [3.63, 3.8) is 0 Å². The van der Waals surface area contributed by atoms with Crippen molar-refractivity contribution < 1.29 is 9.47 Å². The van der Waals surface area contributed by atoms with Crippen LogP contribution in [0.25, 0.3) is 0 Å². The van der Waals surface area contributed by atoms with E-state index in [0.717, 1.165) is 32.7 Å². The predicted molar refractivity (Wildman–Crippen MR) is 96.5 cm³/mol. The van der Waals surface area contributed by atoms with E-state index >= 15 is 0 Å². The van der Waals surface area contributed by atoms with E-state index in [4.69, 9.17) is 20.6 Å². The normalized spacial score (nSPS) is 14.5. The van der Waals surface area contributed by atoms with Crippen molar-refractivity contribution in [1.82, 2.24) is 0 Å². The molecule has 3 N–H and O–H groups in total. The lowest BCUT2D eigenvalue weighted by molar-refractivity contribution is 0.274. The number of hydrogen-bond donors (Lipinski definition) is 2. The van der Waals surface area contributed by atoms with Gasteiger partial charge in [-0.3, -0.25) is 5.41 Å². The van der Waals surface area contributed by atoms with Crippen molar-refractivity contribution >= 4 is 22.0 Å². The molecule has 0 amide bonds. The fourth-order valence-corrected chi connectivity index (χ4v) is 2.94. The summed E-state index contributed by atoms with van der Waals surface area (Å²) < 4.78 is 12.2. The van der Waals surface area contributed by atoms with Gasteiger partial charge in [0.2, 0.25) is 0 Å². The molecule has 0 saturated carbocycles. The summed E-state index contributed by atoms with van der Waals surface area (Å²) in [6.07, 6.45) is 0. The molecule has 0 fully saturated rings. The highest BCUT2D eigenvalue weighted by molar-refractivity contribution is 9.10. The second-order valence-corrected chi connectivity index (χ2v) is 5.97. The van der Waals surface area contributed by atoms with Crippen LogP contribution in [0.4, 0.5) is 0 Å². The number of rotatable bonds is 2. The van der Waals surface area contributed by atoms with Crippen molar-refractivity contribution in [3.8, 4) is 11.5 Å². The third-order valence-corrected chi connectivity index (χ3v) is 4.01. The highest BCUT2D eigenvalue weighted by Crippen LogP contribution is 2.45. The Kier molecular flexibility index (Phi) is 5.66. The third kappa shape index (κ3) is 3.85. The number of nitrogens with one attached hydrogen (secondary N) is 1. The summed E-state index contributed by atoms with van der Waals surface area (Å²) in [5.74, 6) is 1.63. The first-order valence-electron chi connectivity index (χ1n) is 7.59. The van der Waals surface area contributed by atoms with Gasteiger partial charge in [0.25, 0.3) is 6.02 Å². The fourth-order valence-electron chi connectivity index (χ4n) is 2.56. The Hall–Kier alpha value is -2.01. The molecule has 0 aromatic heterocycles. The van der Waals surface area contributed by atoms with Crippen LogP contribution in [0.2, 0.25) is 0 Å². The van der Waals surface area contributed by atoms with Gasteiger partial charge in [-0.15, -0.1) is 0 Å². The summed E-state index contributed by atoms with van der Waals surface area (Å²) in [5, 5.41) is 7.28. The molecule has 1 unspecified atom stereocenters. The van der Waals surface area contributed by atoms with Gasteiger partial charge in [-0.05, 0) is 31.2 Å². The van der Waals surface area contributed by atoms with E-state index in [2.05, 4.69) is 22.0 Å². The second kappa shape index (κ2) is 7.51. The number of aryl methyl sites for hydroxylation is 1. The monoisotopic (exact) mass is 376 g/mol. The van der Waals surface area contributed by atoms with Crippen LogP contribution in [-0.4, -0.2) is 12.6 Å². The summed E-state index contributed by atoms with van der Waals surface area (Å²) >= 11 is 3.49. The van der Waals surface area contributed by atoms with Gasteiger partial charge in [0, 0.05) is 15.6 Å². The summed E-state index contributed by atoms with van der Waals surface area (Å²) in [5.41, 5.74) is 8.57. The van der Waals surface area contributed by atoms with Crippen molar-refractivity contribution in [2.24, 2.45) is 5.73 Å². The van der Waals surface area contributed by atoms with Crippen LogP contribution in [-0.2, 0) is 4.74 Å². The molecule has 1 atom stereocenters. The van der Waals surface area contributed by atoms with Gasteiger partial charge in [-0.1, -0.05) is 47.5 Å². The number of fused-ring (bicyclic) bond motifs is 2. The molecular weight excluding hydrogens is 356 g/mol. The topological polar surface area (TPSA) is 68.3 Å². The fraction of sp³-hybridized carbons (Fsp3) is 0.278. The Morgan fingerprint density at radius 3 is 2.43 bits per heavy atom. The largest absolute Gasteiger partial charge is 0.465 e. The van der Waals surface area contributed by atoms with Crippen LogP contribution in [0, 0.1) is 12.3 Å². The summed E-state index contributed by atoms with van der Waals surface area (Å²) in [4.78, 5) is 0. The number of ether oxygens (including phenoxy) is 2. The van der Waals surface area contributed by atoms with Crippen molar-refractivity contribution in [1.29, 1.82) is 5.41 Å². The maximum absolute atomic E-state index is 7.28. The first-order valence-corrected chi connectivity index (χ1v) is 8.38. The standard InChI is InChI=1S/C16H15BrN2O2.C2H6/c1-9-2-4-14-11(6-9)13(8-20-16(18)19)12-7-10(17)3-5-15(12)21-14;1-2/h2-7,13H,8H2,1H3,(H3,18,19);1-2H3. The van der Waals surface area contributed by atoms with E-state index in [0.29, 0.717) is 6.61 Å². The van der Waals surface area contributed by atoms with Gasteiger partial charge >= 0.3 is 0 Å². The van der Waals surface area contributed by atoms with Crippen molar-refractivity contribution in [2.75, 3.05) is 6.61 Å². The van der Waals surface area contributed by atoms with Crippen LogP contribution in [0.3, 0.4) is 0 Å². The SMILES string of the molecule is CC.Cc1ccc2c(c1)C(COC(=N)N)c1cc(Br)ccc1O2. The zero-order valence-corrected chi connectivity index (χ0v) is 15.1. The minimum absolute atomic E-state index is 0.00921. The van der Waals surface area contributed by atoms with Crippen molar-refractivity contribution in [2.45, 2.75) is 26.7 Å². The molecule has 1 aliphatic rings. The first kappa shape index (κ1) is 17.3. The predicted octanol–water partition coefficient (Wildman–Crippen LogP) is 4.93. The highest BCUT2D eigenvalue weighted by Gasteiger charge is 2.28. The molecule has 2 aromatic rings. The van der Waals surface area contributed by atoms with E-state index in [1.54, 1.807) is 0 Å². The van der Waals surface area contributed by atoms with E-state index in [-0.39, 0.29) is 11.9 Å². The molecule has 1 heterocycles. The third-order valence-electron chi connectivity index (χ3n) is 3.51. The maximum Gasteiger partial charge on any atom is 0.279 e. The van der Waals surface area contributed by atoms with E-state index in [1.165, 1.54) is 0 Å². The average Bonchev–Trinajstić information content (AvgIpc) is 2.54. The Bertz CT molecular complexity index is 665. The molecule has 23 heavy (non-hydrogen) atoms. The van der Waals surface area contributed by atoms with Crippen LogP contribution >= 0.6 is 15.9 Å². The number of nitrogens with two attached hydrogens (primary N) is 1. The summed E-state index contributed by atoms with van der Waals surface area (Å²) in [7, 11) is 0. The quantitative estimate of drug-likeness (QED) is 0.576. The average molecular weight is 377 g/mol. The number of benzene rings is 2. The van der Waals surface area contributed by atoms with Gasteiger partial charge in [0.1, 0.15) is 18.1 Å². The first-order chi connectivity index (χ1) is 11.0. The van der Waals surface area contributed by atoms with Gasteiger partial charge in [-0.2, -0.15) is 0 Å². The highest BCUT2D eigenvalue weighted by atomic mass is 79.9. The number of hydrogen-bond acceptors (Lipinski definition) is 3. The number of halogens is 1. The van der Waals surface area contributed by atoms with Gasteiger partial charge in [-0.25, -0.2) is 0 Å². The van der Waals surface area contributed by atoms with Gasteiger partial charge in [0.15, 0.2) is 0 Å². The maximum atomic E-state index is 7.28. The summed E-state index contributed by atoms with van der Waals surface area (Å²) in [6.45, 7) is 6.36. The van der Waals surface area contributed by atoms with Crippen LogP contribution < -0.4 is 10.5 Å². The minimum Gasteiger partial charge on any atom is -0.465 e. The lowest BCUT2D eigenvalue weighted by Gasteiger charge is -2.28. The molecule has 0 aliphatic carbocycles. The van der Waals surface area contributed by atoms with Crippen LogP contribution in [0.1, 0.15) is 36.5 Å². The smallest absolute Gasteiger partial charge is 0.279 e. The molecule has 1 aliphatic heterocycles. The van der Waals surface area contributed by atoms with Gasteiger partial charge in [0.05, 0.1) is 5.92 Å². The lowest BCUT2D eigenvalue weighted by Crippen LogP contribution is -2.21. The van der Waals surface area contributed by atoms with E-state index in [9.17, 15) is 0 Å². The van der Waals surface area contributed by atoms with Crippen molar-refractivity contribution in [3.05, 3.63) is 57.6 Å². The zero-order chi connectivity index (χ0) is 17.0.